The minimum absolute atomic E-state index is 0.211. The van der Waals surface area contributed by atoms with Crippen LogP contribution in [-0.2, 0) is 14.2 Å². The number of ether oxygens (including phenoxy) is 3. The van der Waals surface area contributed by atoms with Crippen molar-refractivity contribution in [2.45, 2.75) is 59.7 Å². The lowest BCUT2D eigenvalue weighted by Crippen LogP contribution is -2.33. The van der Waals surface area contributed by atoms with Gasteiger partial charge in [0.2, 0.25) is 0 Å². The Morgan fingerprint density at radius 2 is 1.59 bits per heavy atom. The molecule has 0 radical (unpaired) electrons. The van der Waals surface area contributed by atoms with Crippen LogP contribution < -0.4 is 0 Å². The first-order chi connectivity index (χ1) is 7.54. The lowest BCUT2D eigenvalue weighted by atomic mass is 9.95. The largest absolute Gasteiger partial charge is 0.508 e. The summed E-state index contributed by atoms with van der Waals surface area (Å²) in [6.07, 6.45) is -0.650. The summed E-state index contributed by atoms with van der Waals surface area (Å²) >= 11 is 0. The second-order valence-electron chi connectivity index (χ2n) is 5.92. The van der Waals surface area contributed by atoms with Crippen molar-refractivity contribution in [3.8, 4) is 0 Å². The molecule has 0 bridgehead atoms. The molecule has 0 heterocycles. The molecule has 0 atom stereocenters. The van der Waals surface area contributed by atoms with Crippen molar-refractivity contribution in [2.75, 3.05) is 13.2 Å². The molecular formula is C13H26O4. The van der Waals surface area contributed by atoms with E-state index in [0.717, 1.165) is 0 Å². The van der Waals surface area contributed by atoms with E-state index in [9.17, 15) is 4.79 Å². The van der Waals surface area contributed by atoms with Crippen LogP contribution in [0.3, 0.4) is 0 Å². The zero-order valence-corrected chi connectivity index (χ0v) is 12.1. The highest BCUT2D eigenvalue weighted by atomic mass is 16.7. The van der Waals surface area contributed by atoms with E-state index in [4.69, 9.17) is 14.2 Å². The second-order valence-corrected chi connectivity index (χ2v) is 5.92. The lowest BCUT2D eigenvalue weighted by Gasteiger charge is -2.29. The van der Waals surface area contributed by atoms with Crippen molar-refractivity contribution in [3.05, 3.63) is 0 Å². The number of carbonyl (C=O) groups is 1. The van der Waals surface area contributed by atoms with Crippen LogP contribution in [0.2, 0.25) is 0 Å². The van der Waals surface area contributed by atoms with Gasteiger partial charge >= 0.3 is 6.16 Å². The summed E-state index contributed by atoms with van der Waals surface area (Å²) in [5.74, 6) is 0.407. The molecular weight excluding hydrogens is 220 g/mol. The Balaban J connectivity index is 3.76. The number of hydrogen-bond acceptors (Lipinski definition) is 4. The van der Waals surface area contributed by atoms with E-state index in [1.165, 1.54) is 0 Å². The quantitative estimate of drug-likeness (QED) is 0.551. The molecule has 0 saturated carbocycles. The van der Waals surface area contributed by atoms with Crippen LogP contribution in [0.4, 0.5) is 4.79 Å². The summed E-state index contributed by atoms with van der Waals surface area (Å²) < 4.78 is 15.5. The van der Waals surface area contributed by atoms with Gasteiger partial charge in [0.05, 0.1) is 12.2 Å². The van der Waals surface area contributed by atoms with Crippen LogP contribution in [-0.4, -0.2) is 30.6 Å². The van der Waals surface area contributed by atoms with Crippen LogP contribution in [0.5, 0.6) is 0 Å². The number of carbonyl (C=O) groups excluding carboxylic acids is 1. The normalized spacial score (nSPS) is 12.7. The molecule has 0 N–H and O–H groups in total. The van der Waals surface area contributed by atoms with Crippen molar-refractivity contribution < 1.29 is 19.0 Å². The predicted octanol–water partition coefficient (Wildman–Crippen LogP) is 3.39. The van der Waals surface area contributed by atoms with Crippen LogP contribution in [0.15, 0.2) is 0 Å². The Morgan fingerprint density at radius 1 is 1.06 bits per heavy atom. The topological polar surface area (TPSA) is 44.8 Å². The Morgan fingerprint density at radius 3 is 2.00 bits per heavy atom. The van der Waals surface area contributed by atoms with Crippen molar-refractivity contribution in [1.29, 1.82) is 0 Å². The molecule has 4 heteroatoms. The summed E-state index contributed by atoms with van der Waals surface area (Å²) in [6.45, 7) is 14.2. The molecule has 0 aliphatic heterocycles. The average Bonchev–Trinajstić information content (AvgIpc) is 2.09. The molecule has 0 saturated heterocycles. The lowest BCUT2D eigenvalue weighted by molar-refractivity contribution is -0.0743. The molecule has 17 heavy (non-hydrogen) atoms. The fourth-order valence-electron chi connectivity index (χ4n) is 0.876. The van der Waals surface area contributed by atoms with Crippen molar-refractivity contribution >= 4 is 6.16 Å². The third-order valence-electron chi connectivity index (χ3n) is 2.56. The Bertz CT molecular complexity index is 238. The van der Waals surface area contributed by atoms with Gasteiger partial charge in [-0.1, -0.05) is 13.8 Å². The number of rotatable bonds is 5. The first kappa shape index (κ1) is 16.2. The van der Waals surface area contributed by atoms with E-state index in [-0.39, 0.29) is 12.2 Å². The fourth-order valence-corrected chi connectivity index (χ4v) is 0.876. The van der Waals surface area contributed by atoms with Gasteiger partial charge in [-0.05, 0) is 40.5 Å². The minimum Gasteiger partial charge on any atom is -0.432 e. The zero-order chi connectivity index (χ0) is 13.7. The maximum atomic E-state index is 11.2. The van der Waals surface area contributed by atoms with Gasteiger partial charge in [0.1, 0.15) is 12.2 Å². The first-order valence-electron chi connectivity index (χ1n) is 6.04. The molecule has 0 fully saturated rings. The van der Waals surface area contributed by atoms with E-state index < -0.39 is 11.8 Å². The predicted molar refractivity (Wildman–Crippen MR) is 67.1 cm³/mol. The first-order valence-corrected chi connectivity index (χ1v) is 6.04. The van der Waals surface area contributed by atoms with Gasteiger partial charge in [-0.25, -0.2) is 4.79 Å². The molecule has 0 aromatic rings. The van der Waals surface area contributed by atoms with E-state index in [0.29, 0.717) is 12.5 Å². The van der Waals surface area contributed by atoms with Gasteiger partial charge in [-0.15, -0.1) is 0 Å². The van der Waals surface area contributed by atoms with E-state index >= 15 is 0 Å². The third kappa shape index (κ3) is 8.02. The molecule has 0 rings (SSSR count). The Kier molecular flexibility index (Phi) is 5.96. The van der Waals surface area contributed by atoms with E-state index in [1.807, 2.05) is 13.8 Å². The van der Waals surface area contributed by atoms with Crippen molar-refractivity contribution in [3.63, 3.8) is 0 Å². The molecule has 0 spiro atoms. The smallest absolute Gasteiger partial charge is 0.432 e. The van der Waals surface area contributed by atoms with Crippen LogP contribution >= 0.6 is 0 Å². The third-order valence-corrected chi connectivity index (χ3v) is 2.56. The molecule has 4 nitrogen and oxygen atoms in total. The monoisotopic (exact) mass is 246 g/mol. The van der Waals surface area contributed by atoms with Gasteiger partial charge in [0.15, 0.2) is 0 Å². The van der Waals surface area contributed by atoms with Gasteiger partial charge in [0, 0.05) is 0 Å². The summed E-state index contributed by atoms with van der Waals surface area (Å²) in [4.78, 5) is 11.2. The Hall–Kier alpha value is -0.770. The molecule has 0 aromatic heterocycles. The average molecular weight is 246 g/mol. The van der Waals surface area contributed by atoms with Gasteiger partial charge in [-0.2, -0.15) is 0 Å². The molecule has 0 unspecified atom stereocenters. The van der Waals surface area contributed by atoms with Crippen molar-refractivity contribution in [1.82, 2.24) is 0 Å². The van der Waals surface area contributed by atoms with Gasteiger partial charge in [0.25, 0.3) is 0 Å². The number of hydrogen-bond donors (Lipinski definition) is 0. The van der Waals surface area contributed by atoms with Crippen LogP contribution in [0.25, 0.3) is 0 Å². The highest BCUT2D eigenvalue weighted by molar-refractivity contribution is 5.60. The van der Waals surface area contributed by atoms with Gasteiger partial charge in [-0.3, -0.25) is 0 Å². The fraction of sp³-hybridized carbons (Fsp3) is 0.923. The highest BCUT2D eigenvalue weighted by Gasteiger charge is 2.23. The maximum Gasteiger partial charge on any atom is 0.508 e. The zero-order valence-electron chi connectivity index (χ0n) is 12.1. The minimum atomic E-state index is -0.650. The van der Waals surface area contributed by atoms with E-state index in [1.54, 1.807) is 20.8 Å². The van der Waals surface area contributed by atoms with Crippen LogP contribution in [0.1, 0.15) is 48.5 Å². The Labute approximate surface area is 105 Å². The summed E-state index contributed by atoms with van der Waals surface area (Å²) in [5.41, 5.74) is -0.730. The summed E-state index contributed by atoms with van der Waals surface area (Å²) in [6, 6.07) is 0. The molecule has 0 aliphatic carbocycles. The van der Waals surface area contributed by atoms with Crippen LogP contribution in [0, 0.1) is 5.92 Å². The van der Waals surface area contributed by atoms with Crippen molar-refractivity contribution in [2.24, 2.45) is 5.92 Å². The second kappa shape index (κ2) is 6.24. The standard InChI is InChI=1S/C13H26O4/c1-10(2)13(6,7)16-9-8-15-11(14)17-12(3,4)5/h10H,8-9H2,1-7H3. The SMILES string of the molecule is CC(C)C(C)(C)OCCOC(=O)OC(C)(C)C. The van der Waals surface area contributed by atoms with Gasteiger partial charge < -0.3 is 14.2 Å². The highest BCUT2D eigenvalue weighted by Crippen LogP contribution is 2.19. The summed E-state index contributed by atoms with van der Waals surface area (Å²) in [5, 5.41) is 0. The maximum absolute atomic E-state index is 11.2. The summed E-state index contributed by atoms with van der Waals surface area (Å²) in [7, 11) is 0. The molecule has 102 valence electrons. The molecule has 0 aliphatic rings. The van der Waals surface area contributed by atoms with E-state index in [2.05, 4.69) is 13.8 Å². The molecule has 0 aromatic carbocycles. The molecule has 0 amide bonds.